The molecule has 0 saturated carbocycles. The van der Waals surface area contributed by atoms with E-state index in [1.807, 2.05) is 23.1 Å². The fourth-order valence-electron chi connectivity index (χ4n) is 4.19. The number of nitrogens with two attached hydrogens (primary N) is 1. The number of fused-ring (bicyclic) bond motifs is 1. The number of aliphatic hydroxyl groups excluding tert-OH is 1. The normalized spacial score (nSPS) is 22.5. The van der Waals surface area contributed by atoms with Crippen molar-refractivity contribution in [1.29, 1.82) is 0 Å². The van der Waals surface area contributed by atoms with Gasteiger partial charge in [-0.3, -0.25) is 14.7 Å². The van der Waals surface area contributed by atoms with Gasteiger partial charge in [0.2, 0.25) is 0 Å². The molecule has 1 aliphatic rings. The van der Waals surface area contributed by atoms with Crippen molar-refractivity contribution in [2.24, 2.45) is 17.6 Å². The molecule has 1 aromatic heterocycles. The Morgan fingerprint density at radius 3 is 2.93 bits per heavy atom. The molecule has 1 saturated heterocycles. The standard InChI is InChI=1S/C21H27N3O4/c1-3-15(21(26)27)13-7-9-24(12-22)19(10-13)20(25)16-6-8-23-18-5-4-14(28-2)11-17(16)18/h3-6,8,11,13,15,19-20,25H,1,7,9-10,12,22H2,2H3,(H,26,27). The first-order valence-electron chi connectivity index (χ1n) is 9.40. The summed E-state index contributed by atoms with van der Waals surface area (Å²) in [6.45, 7) is 4.61. The lowest BCUT2D eigenvalue weighted by molar-refractivity contribution is -0.143. The van der Waals surface area contributed by atoms with Gasteiger partial charge in [0.15, 0.2) is 0 Å². The van der Waals surface area contributed by atoms with Crippen LogP contribution in [0.4, 0.5) is 0 Å². The number of hydrogen-bond acceptors (Lipinski definition) is 6. The molecule has 1 aliphatic heterocycles. The number of carboxylic acid groups (broad SMARTS) is 1. The fourth-order valence-corrected chi connectivity index (χ4v) is 4.19. The van der Waals surface area contributed by atoms with E-state index in [2.05, 4.69) is 11.6 Å². The Hall–Kier alpha value is -2.48. The lowest BCUT2D eigenvalue weighted by Crippen LogP contribution is -2.49. The number of methoxy groups -OCH3 is 1. The van der Waals surface area contributed by atoms with Crippen LogP contribution in [0.25, 0.3) is 10.9 Å². The van der Waals surface area contributed by atoms with Crippen LogP contribution in [-0.4, -0.2) is 52.4 Å². The molecule has 4 N–H and O–H groups in total. The predicted octanol–water partition coefficient (Wildman–Crippen LogP) is 2.16. The molecule has 2 heterocycles. The lowest BCUT2D eigenvalue weighted by Gasteiger charge is -2.42. The van der Waals surface area contributed by atoms with Crippen LogP contribution < -0.4 is 10.5 Å². The van der Waals surface area contributed by atoms with E-state index in [9.17, 15) is 15.0 Å². The predicted molar refractivity (Wildman–Crippen MR) is 107 cm³/mol. The number of hydrogen-bond donors (Lipinski definition) is 3. The van der Waals surface area contributed by atoms with E-state index in [1.54, 1.807) is 19.4 Å². The van der Waals surface area contributed by atoms with E-state index in [0.717, 1.165) is 16.5 Å². The summed E-state index contributed by atoms with van der Waals surface area (Å²) in [4.78, 5) is 18.0. The van der Waals surface area contributed by atoms with Gasteiger partial charge in [-0.05, 0) is 48.6 Å². The SMILES string of the molecule is C=CC(C(=O)O)C1CCN(CN)C(C(O)c2ccnc3ccc(OC)cc23)C1. The van der Waals surface area contributed by atoms with Gasteiger partial charge in [-0.2, -0.15) is 0 Å². The zero-order valence-corrected chi connectivity index (χ0v) is 16.0. The summed E-state index contributed by atoms with van der Waals surface area (Å²) >= 11 is 0. The highest BCUT2D eigenvalue weighted by Gasteiger charge is 2.38. The number of carboxylic acids is 1. The van der Waals surface area contributed by atoms with Crippen LogP contribution in [0.2, 0.25) is 0 Å². The van der Waals surface area contributed by atoms with Crippen molar-refractivity contribution in [2.45, 2.75) is 25.0 Å². The number of carbonyl (C=O) groups is 1. The summed E-state index contributed by atoms with van der Waals surface area (Å²) in [6, 6.07) is 7.05. The van der Waals surface area contributed by atoms with Crippen molar-refractivity contribution < 1.29 is 19.7 Å². The van der Waals surface area contributed by atoms with Crippen LogP contribution in [0, 0.1) is 11.8 Å². The third kappa shape index (κ3) is 3.87. The number of pyridine rings is 1. The Balaban J connectivity index is 1.96. The Morgan fingerprint density at radius 2 is 2.29 bits per heavy atom. The molecule has 0 amide bonds. The van der Waals surface area contributed by atoms with E-state index in [4.69, 9.17) is 10.5 Å². The molecule has 0 radical (unpaired) electrons. The van der Waals surface area contributed by atoms with Crippen LogP contribution in [0.3, 0.4) is 0 Å². The number of ether oxygens (including phenoxy) is 1. The molecule has 0 bridgehead atoms. The molecular formula is C21H27N3O4. The van der Waals surface area contributed by atoms with Gasteiger partial charge in [-0.25, -0.2) is 0 Å². The van der Waals surface area contributed by atoms with Crippen molar-refractivity contribution >= 4 is 16.9 Å². The van der Waals surface area contributed by atoms with Gasteiger partial charge in [0.05, 0.1) is 24.6 Å². The largest absolute Gasteiger partial charge is 0.497 e. The highest BCUT2D eigenvalue weighted by molar-refractivity contribution is 5.84. The first-order valence-corrected chi connectivity index (χ1v) is 9.40. The van der Waals surface area contributed by atoms with E-state index in [-0.39, 0.29) is 12.0 Å². The van der Waals surface area contributed by atoms with Gasteiger partial charge in [-0.1, -0.05) is 6.08 Å². The van der Waals surface area contributed by atoms with Crippen molar-refractivity contribution in [3.8, 4) is 5.75 Å². The second kappa shape index (κ2) is 8.68. The van der Waals surface area contributed by atoms with E-state index >= 15 is 0 Å². The molecule has 28 heavy (non-hydrogen) atoms. The number of nitrogens with zero attached hydrogens (tertiary/aromatic N) is 2. The van der Waals surface area contributed by atoms with Crippen molar-refractivity contribution in [3.63, 3.8) is 0 Å². The van der Waals surface area contributed by atoms with Gasteiger partial charge >= 0.3 is 5.97 Å². The van der Waals surface area contributed by atoms with Crippen molar-refractivity contribution in [1.82, 2.24) is 9.88 Å². The Morgan fingerprint density at radius 1 is 1.50 bits per heavy atom. The maximum atomic E-state index is 11.6. The van der Waals surface area contributed by atoms with Gasteiger partial charge in [0.1, 0.15) is 5.75 Å². The third-order valence-electron chi connectivity index (χ3n) is 5.75. The number of aliphatic hydroxyl groups is 1. The van der Waals surface area contributed by atoms with Crippen LogP contribution in [0.5, 0.6) is 5.75 Å². The monoisotopic (exact) mass is 385 g/mol. The Labute approximate surface area is 164 Å². The summed E-state index contributed by atoms with van der Waals surface area (Å²) < 4.78 is 5.32. The van der Waals surface area contributed by atoms with Crippen LogP contribution in [0.15, 0.2) is 43.1 Å². The summed E-state index contributed by atoms with van der Waals surface area (Å²) in [6.07, 6.45) is 3.55. The summed E-state index contributed by atoms with van der Waals surface area (Å²) in [5, 5.41) is 21.6. The van der Waals surface area contributed by atoms with E-state index < -0.39 is 18.0 Å². The van der Waals surface area contributed by atoms with Gasteiger partial charge in [0, 0.05) is 30.8 Å². The molecular weight excluding hydrogens is 358 g/mol. The minimum absolute atomic E-state index is 0.0971. The molecule has 7 heteroatoms. The van der Waals surface area contributed by atoms with Crippen LogP contribution in [-0.2, 0) is 4.79 Å². The first kappa shape index (κ1) is 20.3. The summed E-state index contributed by atoms with van der Waals surface area (Å²) in [5.74, 6) is -0.929. The third-order valence-corrected chi connectivity index (χ3v) is 5.75. The number of aromatic nitrogens is 1. The van der Waals surface area contributed by atoms with Gasteiger partial charge < -0.3 is 20.7 Å². The Kier molecular flexibility index (Phi) is 6.28. The van der Waals surface area contributed by atoms with E-state index in [1.165, 1.54) is 6.08 Å². The molecule has 1 fully saturated rings. The smallest absolute Gasteiger partial charge is 0.310 e. The zero-order valence-electron chi connectivity index (χ0n) is 16.0. The number of benzene rings is 1. The van der Waals surface area contributed by atoms with Gasteiger partial charge in [-0.15, -0.1) is 6.58 Å². The second-order valence-electron chi connectivity index (χ2n) is 7.17. The maximum absolute atomic E-state index is 11.6. The average Bonchev–Trinajstić information content (AvgIpc) is 2.72. The zero-order chi connectivity index (χ0) is 20.3. The number of rotatable bonds is 7. The summed E-state index contributed by atoms with van der Waals surface area (Å²) in [7, 11) is 1.59. The highest BCUT2D eigenvalue weighted by Crippen LogP contribution is 2.37. The van der Waals surface area contributed by atoms with Crippen molar-refractivity contribution in [3.05, 3.63) is 48.7 Å². The maximum Gasteiger partial charge on any atom is 0.310 e. The first-order chi connectivity index (χ1) is 13.5. The van der Waals surface area contributed by atoms with Crippen LogP contribution >= 0.6 is 0 Å². The molecule has 0 aliphatic carbocycles. The average molecular weight is 385 g/mol. The number of piperidine rings is 1. The minimum atomic E-state index is -0.881. The quantitative estimate of drug-likeness (QED) is 0.627. The minimum Gasteiger partial charge on any atom is -0.497 e. The number of aliphatic carboxylic acids is 1. The van der Waals surface area contributed by atoms with E-state index in [0.29, 0.717) is 31.8 Å². The molecule has 1 aromatic carbocycles. The van der Waals surface area contributed by atoms with Gasteiger partial charge in [0.25, 0.3) is 0 Å². The number of likely N-dealkylation sites (tertiary alicyclic amines) is 1. The van der Waals surface area contributed by atoms with Crippen molar-refractivity contribution in [2.75, 3.05) is 20.3 Å². The lowest BCUT2D eigenvalue weighted by atomic mass is 9.78. The second-order valence-corrected chi connectivity index (χ2v) is 7.17. The molecule has 150 valence electrons. The van der Waals surface area contributed by atoms with Crippen LogP contribution in [0.1, 0.15) is 24.5 Å². The molecule has 4 atom stereocenters. The summed E-state index contributed by atoms with van der Waals surface area (Å²) in [5.41, 5.74) is 7.42. The molecule has 2 aromatic rings. The molecule has 3 rings (SSSR count). The fraction of sp³-hybridized carbons (Fsp3) is 0.429. The topological polar surface area (TPSA) is 109 Å². The Bertz CT molecular complexity index is 857. The molecule has 7 nitrogen and oxygen atoms in total. The molecule has 0 spiro atoms. The molecule has 4 unspecified atom stereocenters. The highest BCUT2D eigenvalue weighted by atomic mass is 16.5.